The van der Waals surface area contributed by atoms with Gasteiger partial charge in [0.25, 0.3) is 5.91 Å². The topological polar surface area (TPSA) is 54.5 Å². The highest BCUT2D eigenvalue weighted by molar-refractivity contribution is 7.09. The van der Waals surface area contributed by atoms with Gasteiger partial charge in [0.1, 0.15) is 12.4 Å². The minimum absolute atomic E-state index is 0.0981. The first-order chi connectivity index (χ1) is 13.5. The van der Waals surface area contributed by atoms with Crippen LogP contribution in [0.5, 0.6) is 5.75 Å². The van der Waals surface area contributed by atoms with Gasteiger partial charge in [0.2, 0.25) is 0 Å². The van der Waals surface area contributed by atoms with Crippen LogP contribution in [0.1, 0.15) is 32.2 Å². The third kappa shape index (κ3) is 5.90. The predicted octanol–water partition coefficient (Wildman–Crippen LogP) is 4.02. The summed E-state index contributed by atoms with van der Waals surface area (Å²) in [7, 11) is 4.09. The maximum Gasteiger partial charge on any atom is 0.251 e. The van der Waals surface area contributed by atoms with Gasteiger partial charge in [0, 0.05) is 24.0 Å². The van der Waals surface area contributed by atoms with Crippen molar-refractivity contribution in [3.8, 4) is 5.75 Å². The Balaban J connectivity index is 1.48. The van der Waals surface area contributed by atoms with Crippen LogP contribution in [0.3, 0.4) is 0 Å². The Bertz CT molecular complexity index is 902. The number of ether oxygens (including phenoxy) is 1. The third-order valence-electron chi connectivity index (χ3n) is 4.14. The van der Waals surface area contributed by atoms with E-state index in [2.05, 4.69) is 39.5 Å². The fraction of sp³-hybridized carbons (Fsp3) is 0.273. The summed E-state index contributed by atoms with van der Waals surface area (Å²) in [5, 5.41) is 5.97. The number of carbonyl (C=O) groups excluding carboxylic acids is 1. The van der Waals surface area contributed by atoms with Crippen LogP contribution < -0.4 is 10.1 Å². The summed E-state index contributed by atoms with van der Waals surface area (Å²) in [6, 6.07) is 15.5. The van der Waals surface area contributed by atoms with Crippen LogP contribution >= 0.6 is 11.3 Å². The van der Waals surface area contributed by atoms with Crippen LogP contribution in [0.25, 0.3) is 0 Å². The van der Waals surface area contributed by atoms with E-state index in [0.29, 0.717) is 18.7 Å². The number of amides is 1. The number of hydrogen-bond donors (Lipinski definition) is 1. The van der Waals surface area contributed by atoms with Crippen molar-refractivity contribution in [3.05, 3.63) is 81.3 Å². The summed E-state index contributed by atoms with van der Waals surface area (Å²) < 4.78 is 5.72. The van der Waals surface area contributed by atoms with Gasteiger partial charge in [-0.2, -0.15) is 0 Å². The molecule has 0 atom stereocenters. The van der Waals surface area contributed by atoms with E-state index in [9.17, 15) is 4.79 Å². The molecule has 1 amide bonds. The molecule has 0 radical (unpaired) electrons. The molecule has 1 N–H and O–H groups in total. The molecule has 0 saturated carbocycles. The van der Waals surface area contributed by atoms with Gasteiger partial charge >= 0.3 is 0 Å². The van der Waals surface area contributed by atoms with E-state index < -0.39 is 0 Å². The highest BCUT2D eigenvalue weighted by Gasteiger charge is 2.06. The molecule has 0 aliphatic rings. The average molecular weight is 396 g/mol. The van der Waals surface area contributed by atoms with Crippen molar-refractivity contribution < 1.29 is 9.53 Å². The number of aromatic nitrogens is 1. The summed E-state index contributed by atoms with van der Waals surface area (Å²) in [6.07, 6.45) is 0. The van der Waals surface area contributed by atoms with E-state index >= 15 is 0 Å². The molecule has 0 bridgehead atoms. The Hall–Kier alpha value is -2.70. The molecule has 0 aliphatic heterocycles. The lowest BCUT2D eigenvalue weighted by molar-refractivity contribution is 0.0951. The number of rotatable bonds is 8. The van der Waals surface area contributed by atoms with Crippen molar-refractivity contribution in [2.75, 3.05) is 14.1 Å². The first-order valence-corrected chi connectivity index (χ1v) is 10.0. The number of nitrogens with one attached hydrogen (secondary N) is 1. The van der Waals surface area contributed by atoms with Gasteiger partial charge in [0.05, 0.1) is 10.7 Å². The smallest absolute Gasteiger partial charge is 0.251 e. The van der Waals surface area contributed by atoms with Crippen molar-refractivity contribution in [1.29, 1.82) is 0 Å². The van der Waals surface area contributed by atoms with Gasteiger partial charge < -0.3 is 15.0 Å². The quantitative estimate of drug-likeness (QED) is 0.626. The normalized spacial score (nSPS) is 10.9. The molecule has 146 valence electrons. The molecule has 0 spiro atoms. The van der Waals surface area contributed by atoms with Crippen molar-refractivity contribution in [3.63, 3.8) is 0 Å². The second-order valence-corrected chi connectivity index (χ2v) is 7.97. The fourth-order valence-electron chi connectivity index (χ4n) is 2.75. The Labute approximate surface area is 170 Å². The van der Waals surface area contributed by atoms with Crippen molar-refractivity contribution in [2.24, 2.45) is 0 Å². The Morgan fingerprint density at radius 1 is 1.07 bits per heavy atom. The van der Waals surface area contributed by atoms with Gasteiger partial charge in [-0.1, -0.05) is 24.3 Å². The molecule has 1 aromatic heterocycles. The first-order valence-electron chi connectivity index (χ1n) is 9.14. The summed E-state index contributed by atoms with van der Waals surface area (Å²) in [4.78, 5) is 18.9. The highest BCUT2D eigenvalue weighted by Crippen LogP contribution is 2.16. The lowest BCUT2D eigenvalue weighted by atomic mass is 10.1. The largest absolute Gasteiger partial charge is 0.487 e. The van der Waals surface area contributed by atoms with Gasteiger partial charge in [-0.3, -0.25) is 4.79 Å². The minimum atomic E-state index is -0.0981. The molecule has 6 heteroatoms. The average Bonchev–Trinajstić information content (AvgIpc) is 3.11. The number of aryl methyl sites for hydroxylation is 1. The first kappa shape index (κ1) is 20.0. The molecular formula is C22H25N3O2S. The number of nitrogens with zero attached hydrogens (tertiary/aromatic N) is 2. The molecule has 2 aromatic carbocycles. The number of thiazole rings is 1. The van der Waals surface area contributed by atoms with Crippen molar-refractivity contribution in [1.82, 2.24) is 15.2 Å². The molecule has 5 nitrogen and oxygen atoms in total. The Morgan fingerprint density at radius 3 is 2.36 bits per heavy atom. The van der Waals surface area contributed by atoms with Crippen LogP contribution in [0.4, 0.5) is 0 Å². The van der Waals surface area contributed by atoms with Gasteiger partial charge in [-0.15, -0.1) is 11.3 Å². The third-order valence-corrected chi connectivity index (χ3v) is 4.97. The molecule has 0 saturated heterocycles. The summed E-state index contributed by atoms with van der Waals surface area (Å²) in [6.45, 7) is 3.81. The molecule has 0 aliphatic carbocycles. The zero-order chi connectivity index (χ0) is 19.9. The maximum atomic E-state index is 12.4. The van der Waals surface area contributed by atoms with E-state index in [1.165, 1.54) is 5.56 Å². The Kier molecular flexibility index (Phi) is 6.79. The van der Waals surface area contributed by atoms with Crippen LogP contribution in [-0.4, -0.2) is 29.9 Å². The SMILES string of the molecule is Cc1nc(COc2ccc(C(=O)NCc3ccc(CN(C)C)cc3)cc2)cs1. The molecular weight excluding hydrogens is 370 g/mol. The van der Waals surface area contributed by atoms with E-state index in [1.807, 2.05) is 38.5 Å². The van der Waals surface area contributed by atoms with E-state index in [4.69, 9.17) is 4.74 Å². The van der Waals surface area contributed by atoms with Gasteiger partial charge in [0.15, 0.2) is 0 Å². The Morgan fingerprint density at radius 2 is 1.75 bits per heavy atom. The molecule has 28 heavy (non-hydrogen) atoms. The number of hydrogen-bond acceptors (Lipinski definition) is 5. The highest BCUT2D eigenvalue weighted by atomic mass is 32.1. The monoisotopic (exact) mass is 395 g/mol. The molecule has 0 unspecified atom stereocenters. The molecule has 0 fully saturated rings. The maximum absolute atomic E-state index is 12.4. The van der Waals surface area contributed by atoms with Crippen molar-refractivity contribution >= 4 is 17.2 Å². The predicted molar refractivity (Wildman–Crippen MR) is 113 cm³/mol. The lowest BCUT2D eigenvalue weighted by Crippen LogP contribution is -2.22. The minimum Gasteiger partial charge on any atom is -0.487 e. The fourth-order valence-corrected chi connectivity index (χ4v) is 3.34. The van der Waals surface area contributed by atoms with Gasteiger partial charge in [-0.25, -0.2) is 4.98 Å². The number of benzene rings is 2. The summed E-state index contributed by atoms with van der Waals surface area (Å²) in [5.74, 6) is 0.623. The molecule has 1 heterocycles. The molecule has 3 aromatic rings. The van der Waals surface area contributed by atoms with Crippen LogP contribution in [0, 0.1) is 6.92 Å². The van der Waals surface area contributed by atoms with E-state index in [0.717, 1.165) is 28.6 Å². The van der Waals surface area contributed by atoms with Crippen molar-refractivity contribution in [2.45, 2.75) is 26.6 Å². The lowest BCUT2D eigenvalue weighted by Gasteiger charge is -2.11. The standard InChI is InChI=1S/C22H25N3O2S/c1-16-24-20(15-28-16)14-27-21-10-8-19(9-11-21)22(26)23-12-17-4-6-18(7-5-17)13-25(2)3/h4-11,15H,12-14H2,1-3H3,(H,23,26). The second kappa shape index (κ2) is 9.48. The summed E-state index contributed by atoms with van der Waals surface area (Å²) in [5.41, 5.74) is 3.86. The van der Waals surface area contributed by atoms with Crippen LogP contribution in [0.2, 0.25) is 0 Å². The summed E-state index contributed by atoms with van der Waals surface area (Å²) >= 11 is 1.61. The zero-order valence-corrected chi connectivity index (χ0v) is 17.3. The van der Waals surface area contributed by atoms with Crippen LogP contribution in [0.15, 0.2) is 53.9 Å². The number of carbonyl (C=O) groups is 1. The van der Waals surface area contributed by atoms with Crippen LogP contribution in [-0.2, 0) is 19.7 Å². The second-order valence-electron chi connectivity index (χ2n) is 6.91. The zero-order valence-electron chi connectivity index (χ0n) is 16.4. The van der Waals surface area contributed by atoms with E-state index in [-0.39, 0.29) is 5.91 Å². The molecule has 3 rings (SSSR count). The van der Waals surface area contributed by atoms with E-state index in [1.54, 1.807) is 23.5 Å². The van der Waals surface area contributed by atoms with Gasteiger partial charge in [-0.05, 0) is 56.4 Å².